The molecule has 3 aromatic rings. The van der Waals surface area contributed by atoms with Crippen LogP contribution in [0.15, 0.2) is 52.1 Å². The second kappa shape index (κ2) is 9.26. The van der Waals surface area contributed by atoms with E-state index in [1.54, 1.807) is 25.3 Å². The first-order valence-corrected chi connectivity index (χ1v) is 10.6. The van der Waals surface area contributed by atoms with Crippen LogP contribution in [0.5, 0.6) is 11.5 Å². The van der Waals surface area contributed by atoms with Crippen LogP contribution in [0.3, 0.4) is 0 Å². The minimum absolute atomic E-state index is 0.269. The van der Waals surface area contributed by atoms with E-state index in [2.05, 4.69) is 20.9 Å². The number of piperazine rings is 1. The molecule has 1 aliphatic heterocycles. The molecule has 1 aliphatic rings. The van der Waals surface area contributed by atoms with Crippen molar-refractivity contribution in [2.75, 3.05) is 51.3 Å². The van der Waals surface area contributed by atoms with Crippen molar-refractivity contribution in [1.82, 2.24) is 14.5 Å². The summed E-state index contributed by atoms with van der Waals surface area (Å²) in [5, 5.41) is 0.490. The Balaban J connectivity index is 1.42. The molecule has 1 aromatic heterocycles. The molecule has 0 bridgehead atoms. The second-order valence-corrected chi connectivity index (χ2v) is 7.53. The van der Waals surface area contributed by atoms with Crippen molar-refractivity contribution in [3.63, 3.8) is 0 Å². The van der Waals surface area contributed by atoms with Gasteiger partial charge in [-0.2, -0.15) is 0 Å². The highest BCUT2D eigenvalue weighted by Crippen LogP contribution is 2.28. The first-order valence-electron chi connectivity index (χ1n) is 10.6. The molecule has 0 atom stereocenters. The van der Waals surface area contributed by atoms with Crippen molar-refractivity contribution in [3.05, 3.63) is 63.3 Å². The van der Waals surface area contributed by atoms with Crippen LogP contribution < -0.4 is 25.6 Å². The van der Waals surface area contributed by atoms with E-state index in [4.69, 9.17) is 9.47 Å². The molecule has 2 aromatic carbocycles. The van der Waals surface area contributed by atoms with Gasteiger partial charge in [0.05, 0.1) is 30.3 Å². The zero-order chi connectivity index (χ0) is 21.8. The van der Waals surface area contributed by atoms with E-state index in [1.165, 1.54) is 4.57 Å². The number of benzene rings is 2. The Morgan fingerprint density at radius 2 is 1.77 bits per heavy atom. The summed E-state index contributed by atoms with van der Waals surface area (Å²) in [4.78, 5) is 32.8. The smallest absolute Gasteiger partial charge is 0.328 e. The lowest BCUT2D eigenvalue weighted by Gasteiger charge is -2.36. The molecule has 1 saturated heterocycles. The number of ether oxygens (including phenoxy) is 2. The summed E-state index contributed by atoms with van der Waals surface area (Å²) in [7, 11) is 1.69. The van der Waals surface area contributed by atoms with Crippen molar-refractivity contribution in [1.29, 1.82) is 0 Å². The van der Waals surface area contributed by atoms with Crippen LogP contribution in [0.1, 0.15) is 6.92 Å². The molecular weight excluding hydrogens is 396 g/mol. The number of hydrogen-bond donors (Lipinski definition) is 1. The molecule has 8 nitrogen and oxygen atoms in total. The predicted molar refractivity (Wildman–Crippen MR) is 122 cm³/mol. The lowest BCUT2D eigenvalue weighted by atomic mass is 10.2. The van der Waals surface area contributed by atoms with Crippen molar-refractivity contribution >= 4 is 16.6 Å². The summed E-state index contributed by atoms with van der Waals surface area (Å²) in [5.74, 6) is 1.51. The van der Waals surface area contributed by atoms with Crippen LogP contribution in [0.4, 0.5) is 5.69 Å². The summed E-state index contributed by atoms with van der Waals surface area (Å²) < 4.78 is 12.2. The SMILES string of the molecule is CCOc1ccc2c(=O)n(CCN3CCN(c4ccccc4OC)CC3)c(=O)[nH]c2c1. The van der Waals surface area contributed by atoms with Gasteiger partial charge in [-0.3, -0.25) is 14.3 Å². The largest absolute Gasteiger partial charge is 0.495 e. The maximum atomic E-state index is 12.9. The highest BCUT2D eigenvalue weighted by atomic mass is 16.5. The van der Waals surface area contributed by atoms with E-state index >= 15 is 0 Å². The zero-order valence-corrected chi connectivity index (χ0v) is 18.0. The quantitative estimate of drug-likeness (QED) is 0.624. The third-order valence-electron chi connectivity index (χ3n) is 5.70. The normalized spacial score (nSPS) is 14.7. The zero-order valence-electron chi connectivity index (χ0n) is 18.0. The summed E-state index contributed by atoms with van der Waals surface area (Å²) in [6.45, 7) is 6.86. The third kappa shape index (κ3) is 4.44. The Morgan fingerprint density at radius 1 is 1.00 bits per heavy atom. The van der Waals surface area contributed by atoms with Gasteiger partial charge in [0.2, 0.25) is 0 Å². The molecule has 0 saturated carbocycles. The maximum Gasteiger partial charge on any atom is 0.328 e. The summed E-state index contributed by atoms with van der Waals surface area (Å²) in [6.07, 6.45) is 0. The number of methoxy groups -OCH3 is 1. The molecule has 0 aliphatic carbocycles. The van der Waals surface area contributed by atoms with Crippen molar-refractivity contribution < 1.29 is 9.47 Å². The highest BCUT2D eigenvalue weighted by molar-refractivity contribution is 5.78. The Hall–Kier alpha value is -3.26. The van der Waals surface area contributed by atoms with Crippen LogP contribution in [0.2, 0.25) is 0 Å². The minimum Gasteiger partial charge on any atom is -0.495 e. The van der Waals surface area contributed by atoms with E-state index in [-0.39, 0.29) is 11.2 Å². The molecule has 31 heavy (non-hydrogen) atoms. The van der Waals surface area contributed by atoms with Gasteiger partial charge in [-0.1, -0.05) is 12.1 Å². The third-order valence-corrected chi connectivity index (χ3v) is 5.70. The van der Waals surface area contributed by atoms with Crippen LogP contribution in [0.25, 0.3) is 10.9 Å². The van der Waals surface area contributed by atoms with E-state index < -0.39 is 0 Å². The van der Waals surface area contributed by atoms with Gasteiger partial charge < -0.3 is 19.4 Å². The van der Waals surface area contributed by atoms with Gasteiger partial charge in [0.1, 0.15) is 11.5 Å². The number of nitrogens with one attached hydrogen (secondary N) is 1. The average molecular weight is 425 g/mol. The van der Waals surface area contributed by atoms with Crippen LogP contribution >= 0.6 is 0 Å². The predicted octanol–water partition coefficient (Wildman–Crippen LogP) is 1.92. The number of nitrogens with zero attached hydrogens (tertiary/aromatic N) is 3. The number of H-pyrrole nitrogens is 1. The van der Waals surface area contributed by atoms with Crippen LogP contribution in [-0.2, 0) is 6.54 Å². The van der Waals surface area contributed by atoms with Gasteiger partial charge in [0.25, 0.3) is 5.56 Å². The van der Waals surface area contributed by atoms with E-state index in [1.807, 2.05) is 25.1 Å². The van der Waals surface area contributed by atoms with E-state index in [9.17, 15) is 9.59 Å². The molecule has 164 valence electrons. The first kappa shape index (κ1) is 21.0. The van der Waals surface area contributed by atoms with Gasteiger partial charge in [-0.15, -0.1) is 0 Å². The Bertz CT molecular complexity index is 1160. The molecule has 1 N–H and O–H groups in total. The lowest BCUT2D eigenvalue weighted by molar-refractivity contribution is 0.245. The number of anilines is 1. The monoisotopic (exact) mass is 424 g/mol. The fourth-order valence-electron chi connectivity index (χ4n) is 4.04. The fourth-order valence-corrected chi connectivity index (χ4v) is 4.04. The number of rotatable bonds is 7. The van der Waals surface area contributed by atoms with Gasteiger partial charge in [-0.25, -0.2) is 4.79 Å². The van der Waals surface area contributed by atoms with Gasteiger partial charge >= 0.3 is 5.69 Å². The van der Waals surface area contributed by atoms with Crippen LogP contribution in [0, 0.1) is 0 Å². The Labute approximate surface area is 180 Å². The summed E-state index contributed by atoms with van der Waals surface area (Å²) in [6, 6.07) is 13.2. The molecule has 8 heteroatoms. The molecule has 4 rings (SSSR count). The molecule has 2 heterocycles. The lowest BCUT2D eigenvalue weighted by Crippen LogP contribution is -2.48. The van der Waals surface area contributed by atoms with Crippen LogP contribution in [-0.4, -0.2) is 60.9 Å². The second-order valence-electron chi connectivity index (χ2n) is 7.53. The van der Waals surface area contributed by atoms with Crippen molar-refractivity contribution in [2.24, 2.45) is 0 Å². The molecular formula is C23H28N4O4. The maximum absolute atomic E-state index is 12.9. The Morgan fingerprint density at radius 3 is 2.52 bits per heavy atom. The molecule has 1 fully saturated rings. The molecule has 0 amide bonds. The highest BCUT2D eigenvalue weighted by Gasteiger charge is 2.20. The molecule has 0 radical (unpaired) electrons. The topological polar surface area (TPSA) is 79.8 Å². The molecule has 0 unspecified atom stereocenters. The van der Waals surface area contributed by atoms with Gasteiger partial charge in [0.15, 0.2) is 0 Å². The first-order chi connectivity index (χ1) is 15.1. The standard InChI is InChI=1S/C23H28N4O4/c1-3-31-17-8-9-18-19(16-17)24-23(29)27(22(18)28)15-12-25-10-13-26(14-11-25)20-6-4-5-7-21(20)30-2/h4-9,16H,3,10-15H2,1-2H3,(H,24,29). The summed E-state index contributed by atoms with van der Waals surface area (Å²) in [5.41, 5.74) is 0.939. The average Bonchev–Trinajstić information content (AvgIpc) is 2.79. The van der Waals surface area contributed by atoms with E-state index in [0.717, 1.165) is 37.6 Å². The molecule has 0 spiro atoms. The van der Waals surface area contributed by atoms with Gasteiger partial charge in [-0.05, 0) is 31.2 Å². The number of hydrogen-bond acceptors (Lipinski definition) is 6. The summed E-state index contributed by atoms with van der Waals surface area (Å²) >= 11 is 0. The van der Waals surface area contributed by atoms with Crippen molar-refractivity contribution in [3.8, 4) is 11.5 Å². The number of para-hydroxylation sites is 2. The Kier molecular flexibility index (Phi) is 6.27. The minimum atomic E-state index is -0.390. The van der Waals surface area contributed by atoms with E-state index in [0.29, 0.717) is 36.3 Å². The number of aromatic nitrogens is 2. The van der Waals surface area contributed by atoms with Crippen molar-refractivity contribution in [2.45, 2.75) is 13.5 Å². The fraction of sp³-hybridized carbons (Fsp3) is 0.391. The van der Waals surface area contributed by atoms with Gasteiger partial charge in [0, 0.05) is 45.3 Å². The number of aromatic amines is 1. The number of fused-ring (bicyclic) bond motifs is 1.